The van der Waals surface area contributed by atoms with Crippen LogP contribution >= 0.6 is 0 Å². The van der Waals surface area contributed by atoms with E-state index in [1.54, 1.807) is 12.1 Å². The van der Waals surface area contributed by atoms with Gasteiger partial charge in [-0.25, -0.2) is 4.79 Å². The van der Waals surface area contributed by atoms with Gasteiger partial charge in [0.2, 0.25) is 6.29 Å². The largest absolute Gasteiger partial charge is 0.493 e. The van der Waals surface area contributed by atoms with E-state index in [1.165, 1.54) is 32.4 Å². The van der Waals surface area contributed by atoms with Crippen molar-refractivity contribution in [2.45, 2.75) is 30.7 Å². The van der Waals surface area contributed by atoms with Gasteiger partial charge in [-0.15, -0.1) is 0 Å². The van der Waals surface area contributed by atoms with Crippen LogP contribution in [0.3, 0.4) is 0 Å². The number of carbonyl (C=O) groups excluding carboxylic acids is 1. The molecule has 4 N–H and O–H groups in total. The molecule has 0 aliphatic carbocycles. The maximum Gasteiger partial charge on any atom is 0.330 e. The molecule has 0 radical (unpaired) electrons. The summed E-state index contributed by atoms with van der Waals surface area (Å²) in [4.78, 5) is 11.1. The smallest absolute Gasteiger partial charge is 0.330 e. The van der Waals surface area contributed by atoms with Crippen LogP contribution < -0.4 is 9.47 Å². The molecule has 0 bridgehead atoms. The van der Waals surface area contributed by atoms with Crippen LogP contribution in [-0.4, -0.2) is 77.9 Å². The number of carbonyl (C=O) groups is 1. The summed E-state index contributed by atoms with van der Waals surface area (Å²) >= 11 is 0. The van der Waals surface area contributed by atoms with Gasteiger partial charge in [0.25, 0.3) is 0 Å². The summed E-state index contributed by atoms with van der Waals surface area (Å²) in [6, 6.07) is 4.73. The third-order valence-corrected chi connectivity index (χ3v) is 3.89. The van der Waals surface area contributed by atoms with Crippen molar-refractivity contribution in [3.8, 4) is 11.5 Å². The number of hydrogen-bond donors (Lipinski definition) is 4. The van der Waals surface area contributed by atoms with Crippen molar-refractivity contribution in [2.75, 3.05) is 20.8 Å². The molecule has 0 spiro atoms. The summed E-state index contributed by atoms with van der Waals surface area (Å²) in [6.45, 7) is -0.556. The van der Waals surface area contributed by atoms with Gasteiger partial charge in [0.1, 0.15) is 24.4 Å². The lowest BCUT2D eigenvalue weighted by molar-refractivity contribution is -0.277. The van der Waals surface area contributed by atoms with E-state index in [9.17, 15) is 25.2 Å². The molecule has 144 valence electrons. The molecular weight excluding hydrogens is 348 g/mol. The summed E-state index contributed by atoms with van der Waals surface area (Å²) < 4.78 is 20.6. The molecule has 0 aromatic heterocycles. The molecule has 1 aliphatic rings. The fourth-order valence-electron chi connectivity index (χ4n) is 2.41. The van der Waals surface area contributed by atoms with E-state index in [4.69, 9.17) is 14.2 Å². The Morgan fingerprint density at radius 3 is 2.50 bits per heavy atom. The van der Waals surface area contributed by atoms with Gasteiger partial charge < -0.3 is 39.4 Å². The third-order valence-electron chi connectivity index (χ3n) is 3.89. The normalized spacial score (nSPS) is 28.8. The zero-order chi connectivity index (χ0) is 19.3. The molecule has 1 fully saturated rings. The molecule has 0 amide bonds. The standard InChI is InChI=1S/C17H22O9/c1-23-11-7-9(4-6-13(19)24-2)3-5-10(11)25-17-16(22)15(21)14(20)12(8-18)26-17/h3-7,12,14-18,20-22H,8H2,1-2H3. The highest BCUT2D eigenvalue weighted by Crippen LogP contribution is 2.32. The first kappa shape index (κ1) is 20.1. The minimum Gasteiger partial charge on any atom is -0.493 e. The van der Waals surface area contributed by atoms with Crippen molar-refractivity contribution < 1.29 is 44.2 Å². The monoisotopic (exact) mass is 370 g/mol. The molecule has 2 rings (SSSR count). The first-order valence-corrected chi connectivity index (χ1v) is 7.82. The van der Waals surface area contributed by atoms with Crippen LogP contribution in [0, 0.1) is 0 Å². The molecule has 26 heavy (non-hydrogen) atoms. The average Bonchev–Trinajstić information content (AvgIpc) is 2.66. The van der Waals surface area contributed by atoms with E-state index in [2.05, 4.69) is 4.74 Å². The van der Waals surface area contributed by atoms with E-state index < -0.39 is 43.3 Å². The van der Waals surface area contributed by atoms with E-state index in [0.717, 1.165) is 0 Å². The Kier molecular flexibility index (Phi) is 6.95. The SMILES string of the molecule is COC(=O)C=Cc1ccc(OC2OC(CO)C(O)C(O)C2O)c(OC)c1. The average molecular weight is 370 g/mol. The van der Waals surface area contributed by atoms with Crippen LogP contribution in [-0.2, 0) is 14.3 Å². The Labute approximate surface area is 150 Å². The van der Waals surface area contributed by atoms with E-state index >= 15 is 0 Å². The van der Waals surface area contributed by atoms with Crippen LogP contribution in [0.2, 0.25) is 0 Å². The van der Waals surface area contributed by atoms with Gasteiger partial charge in [-0.05, 0) is 23.8 Å². The molecule has 9 nitrogen and oxygen atoms in total. The minimum atomic E-state index is -1.54. The van der Waals surface area contributed by atoms with E-state index in [0.29, 0.717) is 5.56 Å². The third kappa shape index (κ3) is 4.51. The lowest BCUT2D eigenvalue weighted by atomic mass is 9.99. The Morgan fingerprint density at radius 2 is 1.88 bits per heavy atom. The van der Waals surface area contributed by atoms with Crippen molar-refractivity contribution in [3.63, 3.8) is 0 Å². The topological polar surface area (TPSA) is 135 Å². The first-order chi connectivity index (χ1) is 12.4. The predicted molar refractivity (Wildman–Crippen MR) is 88.4 cm³/mol. The summed E-state index contributed by atoms with van der Waals surface area (Å²) in [6.07, 6.45) is -4.18. The summed E-state index contributed by atoms with van der Waals surface area (Å²) in [5.74, 6) is -0.0216. The molecule has 1 aliphatic heterocycles. The second-order valence-corrected chi connectivity index (χ2v) is 5.58. The van der Waals surface area contributed by atoms with Crippen molar-refractivity contribution >= 4 is 12.0 Å². The van der Waals surface area contributed by atoms with Gasteiger partial charge in [-0.2, -0.15) is 0 Å². The molecule has 1 heterocycles. The van der Waals surface area contributed by atoms with Crippen molar-refractivity contribution in [3.05, 3.63) is 29.8 Å². The van der Waals surface area contributed by atoms with Gasteiger partial charge >= 0.3 is 5.97 Å². The van der Waals surface area contributed by atoms with Crippen molar-refractivity contribution in [2.24, 2.45) is 0 Å². The summed E-state index contributed by atoms with van der Waals surface area (Å²) in [7, 11) is 2.67. The lowest BCUT2D eigenvalue weighted by Gasteiger charge is -2.39. The summed E-state index contributed by atoms with van der Waals surface area (Å²) in [5.41, 5.74) is 0.633. The maximum atomic E-state index is 11.1. The minimum absolute atomic E-state index is 0.201. The second kappa shape index (κ2) is 8.97. The number of esters is 1. The highest BCUT2D eigenvalue weighted by atomic mass is 16.7. The fraction of sp³-hybridized carbons (Fsp3) is 0.471. The van der Waals surface area contributed by atoms with Crippen molar-refractivity contribution in [1.29, 1.82) is 0 Å². The van der Waals surface area contributed by atoms with Gasteiger partial charge in [0.15, 0.2) is 11.5 Å². The van der Waals surface area contributed by atoms with Gasteiger partial charge in [-0.3, -0.25) is 0 Å². The lowest BCUT2D eigenvalue weighted by Crippen LogP contribution is -2.60. The summed E-state index contributed by atoms with van der Waals surface area (Å²) in [5, 5.41) is 38.8. The van der Waals surface area contributed by atoms with E-state index in [-0.39, 0.29) is 11.5 Å². The molecule has 5 unspecified atom stereocenters. The zero-order valence-corrected chi connectivity index (χ0v) is 14.3. The molecule has 1 aromatic rings. The highest BCUT2D eigenvalue weighted by molar-refractivity contribution is 5.87. The Hall–Kier alpha value is -2.17. The van der Waals surface area contributed by atoms with Gasteiger partial charge in [0, 0.05) is 6.08 Å². The number of hydrogen-bond acceptors (Lipinski definition) is 9. The molecule has 1 aromatic carbocycles. The number of benzene rings is 1. The molecule has 0 saturated carbocycles. The van der Waals surface area contributed by atoms with Crippen molar-refractivity contribution in [1.82, 2.24) is 0 Å². The maximum absolute atomic E-state index is 11.1. The number of rotatable bonds is 6. The first-order valence-electron chi connectivity index (χ1n) is 7.82. The molecule has 9 heteroatoms. The molecular formula is C17H22O9. The Bertz CT molecular complexity index is 643. The number of ether oxygens (including phenoxy) is 4. The Morgan fingerprint density at radius 1 is 1.15 bits per heavy atom. The Balaban J connectivity index is 2.18. The number of aliphatic hydroxyl groups excluding tert-OH is 4. The van der Waals surface area contributed by atoms with Crippen LogP contribution in [0.4, 0.5) is 0 Å². The number of methoxy groups -OCH3 is 2. The predicted octanol–water partition coefficient (Wildman–Crippen LogP) is -0.940. The van der Waals surface area contributed by atoms with Crippen LogP contribution in [0.15, 0.2) is 24.3 Å². The molecule has 5 atom stereocenters. The van der Waals surface area contributed by atoms with Gasteiger partial charge in [-0.1, -0.05) is 6.07 Å². The van der Waals surface area contributed by atoms with Crippen LogP contribution in [0.25, 0.3) is 6.08 Å². The number of aliphatic hydroxyl groups is 4. The quantitative estimate of drug-likeness (QED) is 0.370. The van der Waals surface area contributed by atoms with Crippen LogP contribution in [0.5, 0.6) is 11.5 Å². The highest BCUT2D eigenvalue weighted by Gasteiger charge is 2.44. The molecule has 1 saturated heterocycles. The fourth-order valence-corrected chi connectivity index (χ4v) is 2.41. The van der Waals surface area contributed by atoms with Gasteiger partial charge in [0.05, 0.1) is 20.8 Å². The second-order valence-electron chi connectivity index (χ2n) is 5.58. The van der Waals surface area contributed by atoms with Crippen LogP contribution in [0.1, 0.15) is 5.56 Å². The van der Waals surface area contributed by atoms with E-state index in [1.807, 2.05) is 0 Å². The zero-order valence-electron chi connectivity index (χ0n) is 14.3.